The molecule has 0 saturated carbocycles. The largest absolute Gasteiger partial charge is 0.494 e. The van der Waals surface area contributed by atoms with Crippen molar-refractivity contribution in [3.8, 4) is 17.2 Å². The lowest BCUT2D eigenvalue weighted by Gasteiger charge is -2.36. The number of hydrogen-bond acceptors (Lipinski definition) is 6. The maximum absolute atomic E-state index is 6.02. The molecule has 0 fully saturated rings. The molecule has 5 aromatic rings. The van der Waals surface area contributed by atoms with Crippen LogP contribution in [0.2, 0.25) is 0 Å². The van der Waals surface area contributed by atoms with Gasteiger partial charge in [-0.3, -0.25) is 0 Å². The highest BCUT2D eigenvalue weighted by Crippen LogP contribution is 2.45. The van der Waals surface area contributed by atoms with Crippen LogP contribution in [0.1, 0.15) is 28.7 Å². The van der Waals surface area contributed by atoms with Crippen molar-refractivity contribution < 1.29 is 23.7 Å². The summed E-state index contributed by atoms with van der Waals surface area (Å²) in [6, 6.07) is 48.1. The third-order valence-electron chi connectivity index (χ3n) is 7.71. The first-order chi connectivity index (χ1) is 22.8. The first kappa shape index (κ1) is 32.8. The van der Waals surface area contributed by atoms with Crippen molar-refractivity contribution in [2.75, 3.05) is 52.8 Å². The summed E-state index contributed by atoms with van der Waals surface area (Å²) in [4.78, 5) is 0. The standard InChI is InChI=1S/C40H43NO5/c41-25-10-26-44-38-21-23-39(24-22-38)46-32-30-43-28-27-42-29-31-45-37-19-17-36(18-20-37)40(33-11-4-1-5-12-33,34-13-6-2-7-14-34)35-15-8-3-9-16-35/h1-9,11-24H,10,25-32,41H2. The number of ether oxygens (including phenoxy) is 5. The number of hydrogen-bond donors (Lipinski definition) is 1. The average molecular weight is 618 g/mol. The van der Waals surface area contributed by atoms with Crippen molar-refractivity contribution in [3.63, 3.8) is 0 Å². The van der Waals surface area contributed by atoms with Crippen LogP contribution in [-0.4, -0.2) is 52.8 Å². The van der Waals surface area contributed by atoms with Crippen LogP contribution < -0.4 is 19.9 Å². The minimum absolute atomic E-state index is 0.454. The molecule has 2 N–H and O–H groups in total. The van der Waals surface area contributed by atoms with Crippen molar-refractivity contribution in [1.82, 2.24) is 0 Å². The van der Waals surface area contributed by atoms with Gasteiger partial charge < -0.3 is 29.4 Å². The molecule has 0 spiro atoms. The fourth-order valence-corrected chi connectivity index (χ4v) is 5.53. The van der Waals surface area contributed by atoms with Gasteiger partial charge in [0.1, 0.15) is 30.5 Å². The second kappa shape index (κ2) is 17.8. The number of nitrogens with two attached hydrogens (primary N) is 1. The first-order valence-electron chi connectivity index (χ1n) is 15.9. The van der Waals surface area contributed by atoms with Crippen molar-refractivity contribution in [3.05, 3.63) is 162 Å². The van der Waals surface area contributed by atoms with Crippen LogP contribution >= 0.6 is 0 Å². The molecule has 5 aromatic carbocycles. The van der Waals surface area contributed by atoms with Crippen LogP contribution in [0.5, 0.6) is 17.2 Å². The Morgan fingerprint density at radius 1 is 0.370 bits per heavy atom. The van der Waals surface area contributed by atoms with Gasteiger partial charge in [-0.05, 0) is 71.6 Å². The smallest absolute Gasteiger partial charge is 0.119 e. The zero-order valence-electron chi connectivity index (χ0n) is 26.3. The molecule has 0 amide bonds. The molecule has 0 aromatic heterocycles. The fraction of sp³-hybridized carbons (Fsp3) is 0.250. The lowest BCUT2D eigenvalue weighted by Crippen LogP contribution is -2.30. The molecule has 5 rings (SSSR count). The minimum Gasteiger partial charge on any atom is -0.494 e. The van der Waals surface area contributed by atoms with E-state index in [2.05, 4.69) is 103 Å². The summed E-state index contributed by atoms with van der Waals surface area (Å²) < 4.78 is 28.7. The first-order valence-corrected chi connectivity index (χ1v) is 15.9. The van der Waals surface area contributed by atoms with E-state index in [9.17, 15) is 0 Å². The van der Waals surface area contributed by atoms with Crippen molar-refractivity contribution >= 4 is 0 Å². The lowest BCUT2D eigenvalue weighted by molar-refractivity contribution is 0.0273. The topological polar surface area (TPSA) is 72.2 Å². The van der Waals surface area contributed by atoms with Gasteiger partial charge in [-0.1, -0.05) is 103 Å². The van der Waals surface area contributed by atoms with E-state index in [1.54, 1.807) is 0 Å². The summed E-state index contributed by atoms with van der Waals surface area (Å²) in [6.07, 6.45) is 0.835. The highest BCUT2D eigenvalue weighted by Gasteiger charge is 2.38. The maximum Gasteiger partial charge on any atom is 0.119 e. The molecular formula is C40H43NO5. The van der Waals surface area contributed by atoms with Crippen LogP contribution in [0.3, 0.4) is 0 Å². The second-order valence-electron chi connectivity index (χ2n) is 10.8. The molecule has 0 unspecified atom stereocenters. The van der Waals surface area contributed by atoms with E-state index < -0.39 is 5.41 Å². The van der Waals surface area contributed by atoms with Crippen molar-refractivity contribution in [2.45, 2.75) is 11.8 Å². The summed E-state index contributed by atoms with van der Waals surface area (Å²) in [7, 11) is 0. The predicted octanol–water partition coefficient (Wildman–Crippen LogP) is 7.29. The maximum atomic E-state index is 6.02. The van der Waals surface area contributed by atoms with E-state index in [-0.39, 0.29) is 0 Å². The average Bonchev–Trinajstić information content (AvgIpc) is 3.12. The van der Waals surface area contributed by atoms with E-state index in [1.165, 1.54) is 22.3 Å². The Morgan fingerprint density at radius 3 is 1.09 bits per heavy atom. The minimum atomic E-state index is -0.472. The predicted molar refractivity (Wildman–Crippen MR) is 183 cm³/mol. The molecule has 0 saturated heterocycles. The van der Waals surface area contributed by atoms with Gasteiger partial charge in [0.05, 0.1) is 38.4 Å². The normalized spacial score (nSPS) is 11.2. The van der Waals surface area contributed by atoms with E-state index in [0.29, 0.717) is 52.8 Å². The van der Waals surface area contributed by atoms with Crippen LogP contribution in [0, 0.1) is 0 Å². The monoisotopic (exact) mass is 617 g/mol. The van der Waals surface area contributed by atoms with Gasteiger partial charge in [-0.25, -0.2) is 0 Å². The van der Waals surface area contributed by atoms with Gasteiger partial charge in [0, 0.05) is 0 Å². The van der Waals surface area contributed by atoms with Crippen LogP contribution in [0.25, 0.3) is 0 Å². The molecule has 6 nitrogen and oxygen atoms in total. The third kappa shape index (κ3) is 8.76. The molecule has 0 atom stereocenters. The molecule has 0 heterocycles. The van der Waals surface area contributed by atoms with Crippen molar-refractivity contribution in [1.29, 1.82) is 0 Å². The molecule has 0 bridgehead atoms. The molecular weight excluding hydrogens is 574 g/mol. The van der Waals surface area contributed by atoms with Gasteiger partial charge in [-0.2, -0.15) is 0 Å². The molecule has 238 valence electrons. The Kier molecular flexibility index (Phi) is 12.6. The van der Waals surface area contributed by atoms with E-state index >= 15 is 0 Å². The van der Waals surface area contributed by atoms with Gasteiger partial charge in [-0.15, -0.1) is 0 Å². The molecule has 46 heavy (non-hydrogen) atoms. The van der Waals surface area contributed by atoms with Gasteiger partial charge >= 0.3 is 0 Å². The Bertz CT molecular complexity index is 1430. The zero-order valence-corrected chi connectivity index (χ0v) is 26.3. The molecule has 0 aliphatic carbocycles. The zero-order chi connectivity index (χ0) is 31.7. The number of benzene rings is 5. The number of rotatable bonds is 19. The Hall–Kier alpha value is -4.62. The van der Waals surface area contributed by atoms with Crippen molar-refractivity contribution in [2.24, 2.45) is 5.73 Å². The lowest BCUT2D eigenvalue weighted by atomic mass is 9.65. The highest BCUT2D eigenvalue weighted by molar-refractivity contribution is 5.60. The summed E-state index contributed by atoms with van der Waals surface area (Å²) in [5.74, 6) is 2.40. The van der Waals surface area contributed by atoms with Crippen LogP contribution in [0.15, 0.2) is 140 Å². The van der Waals surface area contributed by atoms with Gasteiger partial charge in [0.2, 0.25) is 0 Å². The summed E-state index contributed by atoms with van der Waals surface area (Å²) >= 11 is 0. The Balaban J connectivity index is 1.07. The molecule has 0 radical (unpaired) electrons. The fourth-order valence-electron chi connectivity index (χ4n) is 5.53. The third-order valence-corrected chi connectivity index (χ3v) is 7.71. The Labute approximate surface area is 272 Å². The second-order valence-corrected chi connectivity index (χ2v) is 10.8. The summed E-state index contributed by atoms with van der Waals surface area (Å²) in [5.41, 5.74) is 9.82. The molecule has 6 heteroatoms. The van der Waals surface area contributed by atoms with Crippen LogP contribution in [-0.2, 0) is 14.9 Å². The SMILES string of the molecule is NCCCOc1ccc(OCCOCCOCCOc2ccc(C(c3ccccc3)(c3ccccc3)c3ccccc3)cc2)cc1. The van der Waals surface area contributed by atoms with Crippen LogP contribution in [0.4, 0.5) is 0 Å². The summed E-state index contributed by atoms with van der Waals surface area (Å²) in [6.45, 7) is 4.10. The quantitative estimate of drug-likeness (QED) is 0.0775. The van der Waals surface area contributed by atoms with E-state index in [1.807, 2.05) is 36.4 Å². The summed E-state index contributed by atoms with van der Waals surface area (Å²) in [5, 5.41) is 0. The van der Waals surface area contributed by atoms with Gasteiger partial charge in [0.15, 0.2) is 0 Å². The highest BCUT2D eigenvalue weighted by atomic mass is 16.6. The van der Waals surface area contributed by atoms with Gasteiger partial charge in [0.25, 0.3) is 0 Å². The van der Waals surface area contributed by atoms with E-state index in [4.69, 9.17) is 29.4 Å². The molecule has 0 aliphatic heterocycles. The Morgan fingerprint density at radius 2 is 0.696 bits per heavy atom. The molecule has 0 aliphatic rings. The van der Waals surface area contributed by atoms with E-state index in [0.717, 1.165) is 23.7 Å².